The van der Waals surface area contributed by atoms with Gasteiger partial charge in [-0.2, -0.15) is 8.78 Å². The summed E-state index contributed by atoms with van der Waals surface area (Å²) < 4.78 is 161. The molecule has 0 aliphatic carbocycles. The first kappa shape index (κ1) is 34.1. The second kappa shape index (κ2) is 13.7. The van der Waals surface area contributed by atoms with E-state index in [1.165, 1.54) is 12.1 Å². The molecule has 0 N–H and O–H groups in total. The van der Waals surface area contributed by atoms with Gasteiger partial charge in [-0.1, -0.05) is 31.6 Å². The zero-order chi connectivity index (χ0) is 33.8. The van der Waals surface area contributed by atoms with Gasteiger partial charge in [0.2, 0.25) is 5.75 Å². The summed E-state index contributed by atoms with van der Waals surface area (Å²) in [6.07, 6.45) is -6.55. The molecule has 242 valence electrons. The van der Waals surface area contributed by atoms with Gasteiger partial charge in [-0.3, -0.25) is 0 Å². The lowest BCUT2D eigenvalue weighted by Gasteiger charge is -2.19. The Morgan fingerprint density at radius 1 is 0.630 bits per heavy atom. The average Bonchev–Trinajstić information content (AvgIpc) is 2.94. The summed E-state index contributed by atoms with van der Waals surface area (Å²) in [5.74, 6) is -6.97. The molecule has 4 rings (SSSR count). The zero-order valence-corrected chi connectivity index (χ0v) is 23.6. The zero-order valence-electron chi connectivity index (χ0n) is 23.6. The first-order valence-corrected chi connectivity index (χ1v) is 13.5. The van der Waals surface area contributed by atoms with Crippen LogP contribution >= 0.6 is 0 Å². The Morgan fingerprint density at radius 2 is 1.20 bits per heavy atom. The van der Waals surface area contributed by atoms with Gasteiger partial charge in [-0.15, -0.1) is 13.2 Å². The van der Waals surface area contributed by atoms with Crippen molar-refractivity contribution >= 4 is 0 Å². The summed E-state index contributed by atoms with van der Waals surface area (Å²) in [5.41, 5.74) is -2.77. The van der Waals surface area contributed by atoms with E-state index in [-0.39, 0.29) is 29.8 Å². The van der Waals surface area contributed by atoms with Crippen molar-refractivity contribution in [3.8, 4) is 34.5 Å². The van der Waals surface area contributed by atoms with Gasteiger partial charge in [-0.05, 0) is 72.5 Å². The van der Waals surface area contributed by atoms with E-state index in [1.807, 2.05) is 6.92 Å². The minimum absolute atomic E-state index is 0.0953. The Labute approximate surface area is 255 Å². The maximum absolute atomic E-state index is 14.8. The van der Waals surface area contributed by atoms with Crippen LogP contribution in [0.25, 0.3) is 11.1 Å². The molecule has 0 bridgehead atoms. The molecule has 0 spiro atoms. The van der Waals surface area contributed by atoms with Crippen molar-refractivity contribution < 1.29 is 57.8 Å². The number of aryl methyl sites for hydroxylation is 1. The average molecular weight is 659 g/mol. The minimum Gasteiger partial charge on any atom is -0.429 e. The summed E-state index contributed by atoms with van der Waals surface area (Å²) in [5, 5.41) is 0. The fraction of sp³-hybridized carbons (Fsp3) is 0.212. The van der Waals surface area contributed by atoms with E-state index in [9.17, 15) is 48.3 Å². The van der Waals surface area contributed by atoms with Gasteiger partial charge in [0.1, 0.15) is 29.0 Å². The molecule has 4 aromatic rings. The molecular formula is C33H21F11O2. The SMILES string of the molecule is CCCCCc1cc(F)c(C#Cc2ccc(C(F)(F)Oc3cc(F)c(-c4cc(F)c(OC(F)(F)F)c(F)c4)c(F)c3)cc2)c(F)c1. The number of halogens is 11. The second-order valence-electron chi connectivity index (χ2n) is 9.92. The van der Waals surface area contributed by atoms with Crippen molar-refractivity contribution in [3.05, 3.63) is 118 Å². The van der Waals surface area contributed by atoms with Crippen LogP contribution in [0.5, 0.6) is 11.5 Å². The van der Waals surface area contributed by atoms with Crippen LogP contribution in [0.2, 0.25) is 0 Å². The van der Waals surface area contributed by atoms with Crippen molar-refractivity contribution in [3.63, 3.8) is 0 Å². The molecule has 0 fully saturated rings. The first-order chi connectivity index (χ1) is 21.6. The van der Waals surface area contributed by atoms with Crippen molar-refractivity contribution in [2.24, 2.45) is 0 Å². The van der Waals surface area contributed by atoms with Crippen LogP contribution in [0.1, 0.15) is 48.4 Å². The van der Waals surface area contributed by atoms with Crippen molar-refractivity contribution in [2.45, 2.75) is 45.1 Å². The highest BCUT2D eigenvalue weighted by Gasteiger charge is 2.36. The van der Waals surface area contributed by atoms with Gasteiger partial charge < -0.3 is 9.47 Å². The lowest BCUT2D eigenvalue weighted by atomic mass is 10.0. The van der Waals surface area contributed by atoms with Gasteiger partial charge in [0.15, 0.2) is 11.6 Å². The standard InChI is InChI=1S/C33H21F11O2/c1-2-3-4-5-19-12-24(34)23(25(35)13-19)11-8-18-6-9-21(10-7-18)32(40,41)45-22-16-26(36)30(27(37)17-22)20-14-28(38)31(29(39)15-20)46-33(42,43)44/h6-7,9-10,12-17H,2-5H2,1H3. The van der Waals surface area contributed by atoms with Gasteiger partial charge in [0, 0.05) is 17.7 Å². The number of ether oxygens (including phenoxy) is 2. The monoisotopic (exact) mass is 658 g/mol. The number of rotatable bonds is 9. The van der Waals surface area contributed by atoms with Crippen LogP contribution in [0.3, 0.4) is 0 Å². The third kappa shape index (κ3) is 8.29. The summed E-state index contributed by atoms with van der Waals surface area (Å²) in [6, 6.07) is 7.14. The van der Waals surface area contributed by atoms with Gasteiger partial charge >= 0.3 is 12.5 Å². The third-order valence-corrected chi connectivity index (χ3v) is 6.49. The maximum Gasteiger partial charge on any atom is 0.573 e. The van der Waals surface area contributed by atoms with E-state index in [4.69, 9.17) is 0 Å². The molecule has 0 saturated carbocycles. The highest BCUT2D eigenvalue weighted by atomic mass is 19.4. The molecule has 0 radical (unpaired) electrons. The molecule has 0 aliphatic rings. The third-order valence-electron chi connectivity index (χ3n) is 6.49. The molecule has 0 aliphatic heterocycles. The van der Waals surface area contributed by atoms with Crippen LogP contribution < -0.4 is 9.47 Å². The largest absolute Gasteiger partial charge is 0.573 e. The molecule has 0 unspecified atom stereocenters. The van der Waals surface area contributed by atoms with Gasteiger partial charge in [0.05, 0.1) is 16.7 Å². The van der Waals surface area contributed by atoms with Crippen LogP contribution in [-0.4, -0.2) is 6.36 Å². The highest BCUT2D eigenvalue weighted by molar-refractivity contribution is 5.67. The number of hydrogen-bond acceptors (Lipinski definition) is 2. The molecule has 2 nitrogen and oxygen atoms in total. The minimum atomic E-state index is -5.46. The molecule has 46 heavy (non-hydrogen) atoms. The fourth-order valence-corrected chi connectivity index (χ4v) is 4.36. The first-order valence-electron chi connectivity index (χ1n) is 13.5. The number of unbranched alkanes of at least 4 members (excludes halogenated alkanes) is 2. The quantitative estimate of drug-likeness (QED) is 0.101. The van der Waals surface area contributed by atoms with E-state index >= 15 is 0 Å². The Morgan fingerprint density at radius 3 is 1.72 bits per heavy atom. The van der Waals surface area contributed by atoms with Gasteiger partial charge in [-0.25, -0.2) is 26.3 Å². The van der Waals surface area contributed by atoms with Crippen LogP contribution in [0, 0.1) is 46.7 Å². The van der Waals surface area contributed by atoms with Crippen molar-refractivity contribution in [1.29, 1.82) is 0 Å². The second-order valence-corrected chi connectivity index (χ2v) is 9.92. The topological polar surface area (TPSA) is 18.5 Å². The predicted molar refractivity (Wildman–Crippen MR) is 145 cm³/mol. The van der Waals surface area contributed by atoms with Crippen LogP contribution in [0.4, 0.5) is 48.3 Å². The van der Waals surface area contributed by atoms with E-state index in [1.54, 1.807) is 0 Å². The molecule has 4 aromatic carbocycles. The maximum atomic E-state index is 14.8. The predicted octanol–water partition coefficient (Wildman–Crippen LogP) is 10.3. The van der Waals surface area contributed by atoms with E-state index in [0.29, 0.717) is 12.0 Å². The lowest BCUT2D eigenvalue weighted by Crippen LogP contribution is -2.22. The van der Waals surface area contributed by atoms with Crippen molar-refractivity contribution in [2.75, 3.05) is 0 Å². The van der Waals surface area contributed by atoms with E-state index in [2.05, 4.69) is 21.3 Å². The Hall–Kier alpha value is -4.73. The summed E-state index contributed by atoms with van der Waals surface area (Å²) in [7, 11) is 0. The van der Waals surface area contributed by atoms with E-state index in [0.717, 1.165) is 43.5 Å². The summed E-state index contributed by atoms with van der Waals surface area (Å²) in [4.78, 5) is 0. The van der Waals surface area contributed by atoms with Crippen molar-refractivity contribution in [1.82, 2.24) is 0 Å². The Bertz CT molecular complexity index is 1720. The molecule has 0 atom stereocenters. The Kier molecular flexibility index (Phi) is 10.2. The summed E-state index contributed by atoms with van der Waals surface area (Å²) in [6.45, 7) is 1.99. The molecule has 0 aromatic heterocycles. The Balaban J connectivity index is 1.51. The molecule has 13 heteroatoms. The van der Waals surface area contributed by atoms with Crippen LogP contribution in [0.15, 0.2) is 60.7 Å². The summed E-state index contributed by atoms with van der Waals surface area (Å²) >= 11 is 0. The lowest BCUT2D eigenvalue weighted by molar-refractivity contribution is -0.276. The van der Waals surface area contributed by atoms with Gasteiger partial charge in [0.25, 0.3) is 0 Å². The van der Waals surface area contributed by atoms with E-state index < -0.39 is 81.1 Å². The molecule has 0 amide bonds. The molecular weight excluding hydrogens is 637 g/mol. The fourth-order valence-electron chi connectivity index (χ4n) is 4.36. The number of hydrogen-bond donors (Lipinski definition) is 0. The molecule has 0 saturated heterocycles. The normalized spacial score (nSPS) is 11.7. The van der Waals surface area contributed by atoms with Crippen LogP contribution in [-0.2, 0) is 12.5 Å². The highest BCUT2D eigenvalue weighted by Crippen LogP contribution is 2.38. The smallest absolute Gasteiger partial charge is 0.429 e. The number of alkyl halides is 5. The number of benzene rings is 4. The molecule has 0 heterocycles.